The van der Waals surface area contributed by atoms with Crippen molar-refractivity contribution in [2.24, 2.45) is 11.7 Å². The van der Waals surface area contributed by atoms with E-state index in [-0.39, 0.29) is 5.92 Å². The molecule has 1 amide bonds. The number of amides is 1. The predicted octanol–water partition coefficient (Wildman–Crippen LogP) is 1.02. The molecule has 2 atom stereocenters. The van der Waals surface area contributed by atoms with Gasteiger partial charge >= 0.3 is 0 Å². The Labute approximate surface area is 121 Å². The van der Waals surface area contributed by atoms with Crippen LogP contribution < -0.4 is 16.4 Å². The third-order valence-corrected chi connectivity index (χ3v) is 3.94. The van der Waals surface area contributed by atoms with Gasteiger partial charge in [-0.1, -0.05) is 0 Å². The summed E-state index contributed by atoms with van der Waals surface area (Å²) in [5, 5.41) is 7.01. The van der Waals surface area contributed by atoms with E-state index in [2.05, 4.69) is 20.6 Å². The van der Waals surface area contributed by atoms with Crippen LogP contribution in [-0.2, 0) is 0 Å². The molecule has 1 saturated heterocycles. The molecule has 1 aliphatic heterocycles. The van der Waals surface area contributed by atoms with Crippen LogP contribution in [0.3, 0.4) is 0 Å². The smallest absolute Gasteiger partial charge is 0.252 e. The zero-order valence-electron chi connectivity index (χ0n) is 11.5. The van der Waals surface area contributed by atoms with Crippen molar-refractivity contribution in [1.82, 2.24) is 15.3 Å². The normalized spacial score (nSPS) is 22.3. The van der Waals surface area contributed by atoms with Crippen molar-refractivity contribution in [3.63, 3.8) is 0 Å². The maximum atomic E-state index is 13.9. The second-order valence-corrected chi connectivity index (χ2v) is 5.30. The topological polar surface area (TPSA) is 95.8 Å². The Morgan fingerprint density at radius 2 is 2.43 bits per heavy atom. The second kappa shape index (κ2) is 5.69. The van der Waals surface area contributed by atoms with Gasteiger partial charge in [0.15, 0.2) is 0 Å². The van der Waals surface area contributed by atoms with Crippen LogP contribution in [0.2, 0.25) is 0 Å². The molecule has 1 aliphatic rings. The summed E-state index contributed by atoms with van der Waals surface area (Å²) in [7, 11) is 0. The lowest BCUT2D eigenvalue weighted by atomic mass is 9.96. The third-order valence-electron chi connectivity index (χ3n) is 3.94. The molecule has 112 valence electrons. The fourth-order valence-corrected chi connectivity index (χ4v) is 2.72. The highest BCUT2D eigenvalue weighted by molar-refractivity contribution is 6.05. The summed E-state index contributed by atoms with van der Waals surface area (Å²) in [5.41, 5.74) is 7.02. The molecule has 7 heteroatoms. The van der Waals surface area contributed by atoms with E-state index >= 15 is 0 Å². The van der Waals surface area contributed by atoms with Crippen LogP contribution in [0.4, 0.5) is 10.1 Å². The molecule has 21 heavy (non-hydrogen) atoms. The van der Waals surface area contributed by atoms with Crippen LogP contribution in [0.5, 0.6) is 0 Å². The van der Waals surface area contributed by atoms with Crippen LogP contribution >= 0.6 is 0 Å². The molecular formula is C14H18FN5O. The Morgan fingerprint density at radius 1 is 1.57 bits per heavy atom. The average Bonchev–Trinajstić information content (AvgIpc) is 2.94. The molecule has 0 aromatic carbocycles. The van der Waals surface area contributed by atoms with Gasteiger partial charge in [0.25, 0.3) is 5.91 Å². The van der Waals surface area contributed by atoms with Gasteiger partial charge in [0.1, 0.15) is 11.8 Å². The Balaban J connectivity index is 1.86. The van der Waals surface area contributed by atoms with Crippen LogP contribution in [0.1, 0.15) is 16.8 Å². The highest BCUT2D eigenvalue weighted by Crippen LogP contribution is 2.26. The third kappa shape index (κ3) is 2.69. The molecule has 0 saturated carbocycles. The van der Waals surface area contributed by atoms with Gasteiger partial charge < -0.3 is 21.4 Å². The molecule has 2 aromatic heterocycles. The van der Waals surface area contributed by atoms with Gasteiger partial charge in [-0.05, 0) is 19.0 Å². The molecule has 0 radical (unpaired) electrons. The van der Waals surface area contributed by atoms with Crippen molar-refractivity contribution in [2.75, 3.05) is 25.0 Å². The number of pyridine rings is 1. The monoisotopic (exact) mass is 291 g/mol. The van der Waals surface area contributed by atoms with E-state index in [1.807, 2.05) is 6.07 Å². The number of nitrogens with two attached hydrogens (primary N) is 1. The van der Waals surface area contributed by atoms with E-state index in [1.165, 1.54) is 6.20 Å². The van der Waals surface area contributed by atoms with Crippen molar-refractivity contribution >= 4 is 22.6 Å². The quantitative estimate of drug-likeness (QED) is 0.676. The van der Waals surface area contributed by atoms with E-state index in [1.54, 1.807) is 6.20 Å². The van der Waals surface area contributed by atoms with E-state index in [4.69, 9.17) is 5.73 Å². The molecular weight excluding hydrogens is 273 g/mol. The highest BCUT2D eigenvalue weighted by atomic mass is 19.1. The van der Waals surface area contributed by atoms with Crippen molar-refractivity contribution < 1.29 is 9.18 Å². The summed E-state index contributed by atoms with van der Waals surface area (Å²) in [6.07, 6.45) is 3.07. The van der Waals surface area contributed by atoms with Gasteiger partial charge in [0.2, 0.25) is 0 Å². The molecule has 2 aromatic rings. The molecule has 5 N–H and O–H groups in total. The Kier molecular flexibility index (Phi) is 3.74. The number of H-pyrrole nitrogens is 1. The number of halogens is 1. The van der Waals surface area contributed by atoms with Gasteiger partial charge in [-0.15, -0.1) is 0 Å². The van der Waals surface area contributed by atoms with Gasteiger partial charge in [0, 0.05) is 36.8 Å². The number of hydrogen-bond acceptors (Lipinski definition) is 4. The maximum absolute atomic E-state index is 13.9. The van der Waals surface area contributed by atoms with E-state index in [0.29, 0.717) is 30.0 Å². The first-order valence-corrected chi connectivity index (χ1v) is 7.01. The minimum atomic E-state index is -0.883. The SMILES string of the molecule is NC(=O)c1cnc2[nH]ccc2c1NCC1CCNCC1F. The summed E-state index contributed by atoms with van der Waals surface area (Å²) in [5.74, 6) is -0.621. The second-order valence-electron chi connectivity index (χ2n) is 5.30. The largest absolute Gasteiger partial charge is 0.383 e. The number of alkyl halides is 1. The van der Waals surface area contributed by atoms with Crippen molar-refractivity contribution in [3.05, 3.63) is 24.0 Å². The zero-order valence-corrected chi connectivity index (χ0v) is 11.5. The molecule has 0 aliphatic carbocycles. The number of rotatable bonds is 4. The molecule has 3 heterocycles. The number of fused-ring (bicyclic) bond motifs is 1. The van der Waals surface area contributed by atoms with E-state index < -0.39 is 12.1 Å². The number of piperidine rings is 1. The summed E-state index contributed by atoms with van der Waals surface area (Å²) >= 11 is 0. The first kappa shape index (κ1) is 13.8. The maximum Gasteiger partial charge on any atom is 0.252 e. The zero-order chi connectivity index (χ0) is 14.8. The first-order chi connectivity index (χ1) is 10.2. The summed E-state index contributed by atoms with van der Waals surface area (Å²) in [4.78, 5) is 18.7. The van der Waals surface area contributed by atoms with E-state index in [0.717, 1.165) is 18.4 Å². The van der Waals surface area contributed by atoms with Gasteiger partial charge in [-0.2, -0.15) is 0 Å². The average molecular weight is 291 g/mol. The summed E-state index contributed by atoms with van der Waals surface area (Å²) in [6, 6.07) is 1.83. The number of aromatic nitrogens is 2. The Hall–Kier alpha value is -2.15. The van der Waals surface area contributed by atoms with E-state index in [9.17, 15) is 9.18 Å². The minimum absolute atomic E-state index is 0.0749. The molecule has 2 unspecified atom stereocenters. The number of nitrogens with zero attached hydrogens (tertiary/aromatic N) is 1. The molecule has 3 rings (SSSR count). The lowest BCUT2D eigenvalue weighted by molar-refractivity contribution is 0.100. The number of aromatic amines is 1. The van der Waals surface area contributed by atoms with Crippen LogP contribution in [-0.4, -0.2) is 41.7 Å². The number of hydrogen-bond donors (Lipinski definition) is 4. The van der Waals surface area contributed by atoms with Crippen molar-refractivity contribution in [1.29, 1.82) is 0 Å². The number of anilines is 1. The van der Waals surface area contributed by atoms with Crippen molar-refractivity contribution in [3.8, 4) is 0 Å². The standard InChI is InChI=1S/C14H18FN5O/c15-11-7-17-3-1-8(11)5-19-12-9-2-4-18-14(9)20-6-10(12)13(16)21/h2,4,6,8,11,17H,1,3,5,7H2,(H2,16,21)(H2,18,19,20). The number of nitrogens with one attached hydrogen (secondary N) is 3. The van der Waals surface area contributed by atoms with Crippen LogP contribution in [0.15, 0.2) is 18.5 Å². The number of carbonyl (C=O) groups is 1. The first-order valence-electron chi connectivity index (χ1n) is 7.01. The lowest BCUT2D eigenvalue weighted by Gasteiger charge is -2.27. The number of primary amides is 1. The fourth-order valence-electron chi connectivity index (χ4n) is 2.72. The highest BCUT2D eigenvalue weighted by Gasteiger charge is 2.25. The van der Waals surface area contributed by atoms with Crippen LogP contribution in [0.25, 0.3) is 11.0 Å². The summed E-state index contributed by atoms with van der Waals surface area (Å²) < 4.78 is 13.9. The molecule has 0 spiro atoms. The molecule has 0 bridgehead atoms. The Morgan fingerprint density at radius 3 is 3.19 bits per heavy atom. The molecule has 6 nitrogen and oxygen atoms in total. The summed E-state index contributed by atoms with van der Waals surface area (Å²) in [6.45, 7) is 1.66. The van der Waals surface area contributed by atoms with Gasteiger partial charge in [0.05, 0.1) is 11.3 Å². The van der Waals surface area contributed by atoms with Crippen molar-refractivity contribution in [2.45, 2.75) is 12.6 Å². The predicted molar refractivity (Wildman–Crippen MR) is 79.0 cm³/mol. The fraction of sp³-hybridized carbons (Fsp3) is 0.429. The Bertz CT molecular complexity index is 656. The number of carbonyl (C=O) groups excluding carboxylic acids is 1. The molecule has 1 fully saturated rings. The minimum Gasteiger partial charge on any atom is -0.383 e. The van der Waals surface area contributed by atoms with Gasteiger partial charge in [-0.25, -0.2) is 9.37 Å². The lowest BCUT2D eigenvalue weighted by Crippen LogP contribution is -2.41. The van der Waals surface area contributed by atoms with Crippen LogP contribution in [0, 0.1) is 5.92 Å². The van der Waals surface area contributed by atoms with Gasteiger partial charge in [-0.3, -0.25) is 4.79 Å².